The molecule has 0 unspecified atom stereocenters. The Hall–Kier alpha value is -0.970. The lowest BCUT2D eigenvalue weighted by atomic mass is 9.91. The van der Waals surface area contributed by atoms with Crippen molar-refractivity contribution >= 4 is 21.6 Å². The van der Waals surface area contributed by atoms with Crippen LogP contribution in [0, 0.1) is 0 Å². The molecule has 1 aliphatic carbocycles. The standard InChI is InChI=1S/C14H18N2OS/c17-9-8-16(11-4-3-5-11)10-13-12-6-1-2-7-14(12)18-15-13/h1-2,6-7,11,17H,3-5,8-10H2. The van der Waals surface area contributed by atoms with Crippen molar-refractivity contribution in [2.24, 2.45) is 0 Å². The minimum absolute atomic E-state index is 0.235. The van der Waals surface area contributed by atoms with Gasteiger partial charge in [-0.1, -0.05) is 24.6 Å². The molecule has 0 spiro atoms. The van der Waals surface area contributed by atoms with Crippen LogP contribution in [0.5, 0.6) is 0 Å². The highest BCUT2D eigenvalue weighted by molar-refractivity contribution is 7.13. The molecule has 3 nitrogen and oxygen atoms in total. The number of aliphatic hydroxyl groups excluding tert-OH is 1. The predicted molar refractivity (Wildman–Crippen MR) is 74.8 cm³/mol. The topological polar surface area (TPSA) is 36.4 Å². The maximum atomic E-state index is 9.19. The first-order valence-electron chi connectivity index (χ1n) is 6.56. The molecule has 0 bridgehead atoms. The summed E-state index contributed by atoms with van der Waals surface area (Å²) < 4.78 is 5.83. The average molecular weight is 262 g/mol. The molecule has 0 amide bonds. The molecular formula is C14H18N2OS. The average Bonchev–Trinajstić information content (AvgIpc) is 2.71. The van der Waals surface area contributed by atoms with E-state index in [9.17, 15) is 5.11 Å². The highest BCUT2D eigenvalue weighted by atomic mass is 32.1. The zero-order valence-electron chi connectivity index (χ0n) is 10.4. The Kier molecular flexibility index (Phi) is 3.59. The maximum absolute atomic E-state index is 9.19. The van der Waals surface area contributed by atoms with Crippen LogP contribution in [-0.4, -0.2) is 33.6 Å². The van der Waals surface area contributed by atoms with Crippen molar-refractivity contribution in [3.63, 3.8) is 0 Å². The van der Waals surface area contributed by atoms with E-state index in [1.165, 1.54) is 29.3 Å². The summed E-state index contributed by atoms with van der Waals surface area (Å²) in [6.07, 6.45) is 3.86. The zero-order chi connectivity index (χ0) is 12.4. The van der Waals surface area contributed by atoms with E-state index >= 15 is 0 Å². The summed E-state index contributed by atoms with van der Waals surface area (Å²) in [5.74, 6) is 0. The van der Waals surface area contributed by atoms with E-state index in [0.29, 0.717) is 6.04 Å². The molecule has 1 heterocycles. The largest absolute Gasteiger partial charge is 0.395 e. The summed E-state index contributed by atoms with van der Waals surface area (Å²) in [5.41, 5.74) is 1.16. The summed E-state index contributed by atoms with van der Waals surface area (Å²) in [7, 11) is 0. The normalized spacial score (nSPS) is 16.3. The van der Waals surface area contributed by atoms with Gasteiger partial charge in [0.25, 0.3) is 0 Å². The second-order valence-corrected chi connectivity index (χ2v) is 5.71. The fraction of sp³-hybridized carbons (Fsp3) is 0.500. The second kappa shape index (κ2) is 5.34. The van der Waals surface area contributed by atoms with Crippen molar-refractivity contribution in [1.82, 2.24) is 9.27 Å². The van der Waals surface area contributed by atoms with Gasteiger partial charge < -0.3 is 5.11 Å². The number of aromatic nitrogens is 1. The van der Waals surface area contributed by atoms with Gasteiger partial charge in [-0.15, -0.1) is 0 Å². The van der Waals surface area contributed by atoms with Crippen molar-refractivity contribution < 1.29 is 5.11 Å². The lowest BCUT2D eigenvalue weighted by Gasteiger charge is -2.36. The number of hydrogen-bond donors (Lipinski definition) is 1. The third kappa shape index (κ3) is 2.28. The summed E-state index contributed by atoms with van der Waals surface area (Å²) in [5, 5.41) is 10.5. The SMILES string of the molecule is OCCN(Cc1nsc2ccccc12)C1CCC1. The van der Waals surface area contributed by atoms with Crippen LogP contribution in [0.2, 0.25) is 0 Å². The van der Waals surface area contributed by atoms with Gasteiger partial charge in [-0.3, -0.25) is 4.90 Å². The van der Waals surface area contributed by atoms with Gasteiger partial charge in [-0.05, 0) is 30.4 Å². The molecule has 1 N–H and O–H groups in total. The number of hydrogen-bond acceptors (Lipinski definition) is 4. The van der Waals surface area contributed by atoms with Gasteiger partial charge >= 0.3 is 0 Å². The molecule has 1 aromatic carbocycles. The predicted octanol–water partition coefficient (Wildman–Crippen LogP) is 2.64. The van der Waals surface area contributed by atoms with Crippen LogP contribution in [0.25, 0.3) is 10.1 Å². The molecule has 3 rings (SSSR count). The molecule has 0 aliphatic heterocycles. The van der Waals surface area contributed by atoms with Gasteiger partial charge in [-0.2, -0.15) is 4.37 Å². The van der Waals surface area contributed by atoms with E-state index in [0.717, 1.165) is 18.8 Å². The Morgan fingerprint density at radius 3 is 2.89 bits per heavy atom. The van der Waals surface area contributed by atoms with Crippen LogP contribution in [0.3, 0.4) is 0 Å². The molecular weight excluding hydrogens is 244 g/mol. The summed E-state index contributed by atoms with van der Waals surface area (Å²) in [6.45, 7) is 1.87. The van der Waals surface area contributed by atoms with Gasteiger partial charge in [0, 0.05) is 24.5 Å². The Morgan fingerprint density at radius 1 is 1.33 bits per heavy atom. The smallest absolute Gasteiger partial charge is 0.0761 e. The van der Waals surface area contributed by atoms with E-state index < -0.39 is 0 Å². The van der Waals surface area contributed by atoms with Crippen molar-refractivity contribution in [2.75, 3.05) is 13.2 Å². The quantitative estimate of drug-likeness (QED) is 0.900. The molecule has 1 saturated carbocycles. The van der Waals surface area contributed by atoms with Crippen LogP contribution >= 0.6 is 11.5 Å². The number of benzene rings is 1. The number of aliphatic hydroxyl groups is 1. The van der Waals surface area contributed by atoms with Crippen LogP contribution in [0.4, 0.5) is 0 Å². The van der Waals surface area contributed by atoms with Gasteiger partial charge in [0.1, 0.15) is 0 Å². The molecule has 2 aromatic rings. The van der Waals surface area contributed by atoms with Gasteiger partial charge in [0.15, 0.2) is 0 Å². The minimum atomic E-state index is 0.235. The van der Waals surface area contributed by atoms with Gasteiger partial charge in [0.05, 0.1) is 17.0 Å². The monoisotopic (exact) mass is 262 g/mol. The molecule has 4 heteroatoms. The minimum Gasteiger partial charge on any atom is -0.395 e. The fourth-order valence-corrected chi connectivity index (χ4v) is 3.30. The van der Waals surface area contributed by atoms with E-state index in [1.807, 2.05) is 0 Å². The molecule has 18 heavy (non-hydrogen) atoms. The summed E-state index contributed by atoms with van der Waals surface area (Å²) >= 11 is 1.57. The number of fused-ring (bicyclic) bond motifs is 1. The van der Waals surface area contributed by atoms with Crippen LogP contribution in [-0.2, 0) is 6.54 Å². The van der Waals surface area contributed by atoms with Crippen molar-refractivity contribution in [3.8, 4) is 0 Å². The summed E-state index contributed by atoms with van der Waals surface area (Å²) in [4.78, 5) is 2.38. The van der Waals surface area contributed by atoms with Crippen molar-refractivity contribution in [2.45, 2.75) is 31.8 Å². The third-order valence-corrected chi connectivity index (χ3v) is 4.65. The third-order valence-electron chi connectivity index (χ3n) is 3.78. The van der Waals surface area contributed by atoms with Crippen LogP contribution in [0.15, 0.2) is 24.3 Å². The van der Waals surface area contributed by atoms with Crippen LogP contribution < -0.4 is 0 Å². The highest BCUT2D eigenvalue weighted by Crippen LogP contribution is 2.28. The highest BCUT2D eigenvalue weighted by Gasteiger charge is 2.25. The zero-order valence-corrected chi connectivity index (χ0v) is 11.2. The fourth-order valence-electron chi connectivity index (χ4n) is 2.52. The second-order valence-electron chi connectivity index (χ2n) is 4.90. The lowest BCUT2D eigenvalue weighted by Crippen LogP contribution is -2.41. The number of nitrogens with zero attached hydrogens (tertiary/aromatic N) is 2. The Labute approximate surface area is 111 Å². The van der Waals surface area contributed by atoms with Crippen LogP contribution in [0.1, 0.15) is 25.0 Å². The van der Waals surface area contributed by atoms with E-state index in [4.69, 9.17) is 0 Å². The van der Waals surface area contributed by atoms with E-state index in [1.54, 1.807) is 11.5 Å². The Balaban J connectivity index is 1.80. The van der Waals surface area contributed by atoms with Gasteiger partial charge in [0.2, 0.25) is 0 Å². The molecule has 0 saturated heterocycles. The first-order chi connectivity index (χ1) is 8.88. The number of rotatable bonds is 5. The first-order valence-corrected chi connectivity index (χ1v) is 7.34. The first kappa shape index (κ1) is 12.1. The van der Waals surface area contributed by atoms with Gasteiger partial charge in [-0.25, -0.2) is 0 Å². The molecule has 0 atom stereocenters. The van der Waals surface area contributed by atoms with E-state index in [-0.39, 0.29) is 6.61 Å². The van der Waals surface area contributed by atoms with E-state index in [2.05, 4.69) is 33.5 Å². The molecule has 1 aromatic heterocycles. The maximum Gasteiger partial charge on any atom is 0.0761 e. The Morgan fingerprint density at radius 2 is 2.17 bits per heavy atom. The van der Waals surface area contributed by atoms with Crippen molar-refractivity contribution in [1.29, 1.82) is 0 Å². The molecule has 1 fully saturated rings. The summed E-state index contributed by atoms with van der Waals surface area (Å²) in [6, 6.07) is 9.04. The van der Waals surface area contributed by atoms with Crippen molar-refractivity contribution in [3.05, 3.63) is 30.0 Å². The molecule has 1 aliphatic rings. The molecule has 96 valence electrons. The molecule has 0 radical (unpaired) electrons. The lowest BCUT2D eigenvalue weighted by molar-refractivity contribution is 0.0940. The Bertz CT molecular complexity index is 521.